The second-order valence-electron chi connectivity index (χ2n) is 4.94. The van der Waals surface area contributed by atoms with E-state index in [0.29, 0.717) is 11.5 Å². The highest BCUT2D eigenvalue weighted by molar-refractivity contribution is 5.40. The molecule has 1 aromatic heterocycles. The van der Waals surface area contributed by atoms with E-state index in [2.05, 4.69) is 48.2 Å². The zero-order valence-electron chi connectivity index (χ0n) is 12.1. The summed E-state index contributed by atoms with van der Waals surface area (Å²) in [5.74, 6) is 0.693. The molecular weight excluding hydrogens is 248 g/mol. The molecule has 2 rings (SSSR count). The Balaban J connectivity index is 1.99. The first-order valence-corrected chi connectivity index (χ1v) is 6.63. The molecule has 0 saturated carbocycles. The van der Waals surface area contributed by atoms with Gasteiger partial charge >= 0.3 is 0 Å². The van der Waals surface area contributed by atoms with Gasteiger partial charge in [0.1, 0.15) is 23.9 Å². The molecule has 0 aliphatic rings. The van der Waals surface area contributed by atoms with E-state index in [4.69, 9.17) is 5.26 Å². The summed E-state index contributed by atoms with van der Waals surface area (Å²) in [6, 6.07) is 8.14. The van der Waals surface area contributed by atoms with Gasteiger partial charge in [0, 0.05) is 12.6 Å². The lowest BCUT2D eigenvalue weighted by molar-refractivity contribution is 0.981. The van der Waals surface area contributed by atoms with E-state index >= 15 is 0 Å². The summed E-state index contributed by atoms with van der Waals surface area (Å²) in [6.45, 7) is 7.19. The van der Waals surface area contributed by atoms with Crippen LogP contribution in [0.25, 0.3) is 0 Å². The Bertz CT molecular complexity index is 656. The van der Waals surface area contributed by atoms with Gasteiger partial charge in [0.05, 0.1) is 0 Å². The molecule has 20 heavy (non-hydrogen) atoms. The maximum absolute atomic E-state index is 8.79. The van der Waals surface area contributed by atoms with Crippen LogP contribution in [0.4, 0.5) is 5.82 Å². The largest absolute Gasteiger partial charge is 0.370 e. The first-order chi connectivity index (χ1) is 9.60. The number of hydrogen-bond acceptors (Lipinski definition) is 4. The van der Waals surface area contributed by atoms with Crippen LogP contribution >= 0.6 is 0 Å². The molecule has 0 spiro atoms. The molecule has 0 radical (unpaired) electrons. The number of hydrogen-bond donors (Lipinski definition) is 1. The number of benzene rings is 1. The van der Waals surface area contributed by atoms with Gasteiger partial charge in [-0.3, -0.25) is 0 Å². The molecule has 0 aliphatic heterocycles. The van der Waals surface area contributed by atoms with Crippen molar-refractivity contribution in [1.29, 1.82) is 5.26 Å². The molecular formula is C16H18N4. The third-order valence-corrected chi connectivity index (χ3v) is 3.43. The van der Waals surface area contributed by atoms with E-state index in [1.54, 1.807) is 6.07 Å². The predicted molar refractivity (Wildman–Crippen MR) is 79.6 cm³/mol. The van der Waals surface area contributed by atoms with E-state index in [9.17, 15) is 0 Å². The fourth-order valence-corrected chi connectivity index (χ4v) is 2.13. The first-order valence-electron chi connectivity index (χ1n) is 6.63. The Morgan fingerprint density at radius 3 is 2.55 bits per heavy atom. The van der Waals surface area contributed by atoms with Crippen LogP contribution in [0.15, 0.2) is 24.5 Å². The highest BCUT2D eigenvalue weighted by Gasteiger charge is 2.03. The lowest BCUT2D eigenvalue weighted by Gasteiger charge is -2.11. The second kappa shape index (κ2) is 6.16. The van der Waals surface area contributed by atoms with Crippen molar-refractivity contribution in [1.82, 2.24) is 9.97 Å². The molecule has 0 saturated heterocycles. The van der Waals surface area contributed by atoms with Gasteiger partial charge in [0.15, 0.2) is 0 Å². The molecule has 1 N–H and O–H groups in total. The Hall–Kier alpha value is -2.41. The minimum atomic E-state index is 0.380. The number of nitrogens with zero attached hydrogens (tertiary/aromatic N) is 3. The minimum absolute atomic E-state index is 0.380. The highest BCUT2D eigenvalue weighted by atomic mass is 15.0. The number of rotatable bonds is 4. The summed E-state index contributed by atoms with van der Waals surface area (Å²) < 4.78 is 0. The molecule has 0 amide bonds. The van der Waals surface area contributed by atoms with Crippen LogP contribution in [0, 0.1) is 32.1 Å². The summed E-state index contributed by atoms with van der Waals surface area (Å²) >= 11 is 0. The number of nitrogens with one attached hydrogen (secondary N) is 1. The van der Waals surface area contributed by atoms with Gasteiger partial charge in [0.25, 0.3) is 0 Å². The van der Waals surface area contributed by atoms with E-state index in [1.165, 1.54) is 28.6 Å². The topological polar surface area (TPSA) is 61.6 Å². The average molecular weight is 266 g/mol. The molecule has 0 aliphatic carbocycles. The van der Waals surface area contributed by atoms with Crippen LogP contribution in [0.1, 0.15) is 27.9 Å². The molecule has 0 fully saturated rings. The monoisotopic (exact) mass is 266 g/mol. The van der Waals surface area contributed by atoms with Crippen molar-refractivity contribution in [2.45, 2.75) is 27.2 Å². The van der Waals surface area contributed by atoms with Gasteiger partial charge in [-0.25, -0.2) is 9.97 Å². The normalized spacial score (nSPS) is 10.1. The third-order valence-electron chi connectivity index (χ3n) is 3.43. The SMILES string of the molecule is Cc1cc(C)c(CCNc2cc(C#N)ncn2)cc1C. The molecule has 102 valence electrons. The van der Waals surface area contributed by atoms with Crippen LogP contribution in [0.5, 0.6) is 0 Å². The summed E-state index contributed by atoms with van der Waals surface area (Å²) in [5, 5.41) is 12.0. The van der Waals surface area contributed by atoms with E-state index in [1.807, 2.05) is 6.07 Å². The zero-order valence-corrected chi connectivity index (χ0v) is 12.1. The van der Waals surface area contributed by atoms with Crippen molar-refractivity contribution < 1.29 is 0 Å². The van der Waals surface area contributed by atoms with Crippen LogP contribution in [0.3, 0.4) is 0 Å². The number of aromatic nitrogens is 2. The molecule has 0 unspecified atom stereocenters. The van der Waals surface area contributed by atoms with E-state index in [0.717, 1.165) is 13.0 Å². The van der Waals surface area contributed by atoms with Gasteiger partial charge in [-0.05, 0) is 49.4 Å². The summed E-state index contributed by atoms with van der Waals surface area (Å²) in [6.07, 6.45) is 2.33. The summed E-state index contributed by atoms with van der Waals surface area (Å²) in [5.41, 5.74) is 5.68. The van der Waals surface area contributed by atoms with Crippen LogP contribution in [-0.2, 0) is 6.42 Å². The molecule has 0 bridgehead atoms. The number of aryl methyl sites for hydroxylation is 3. The summed E-state index contributed by atoms with van der Waals surface area (Å²) in [7, 11) is 0. The molecule has 1 aromatic carbocycles. The zero-order chi connectivity index (χ0) is 14.5. The van der Waals surface area contributed by atoms with Crippen molar-refractivity contribution >= 4 is 5.82 Å². The molecule has 0 atom stereocenters. The van der Waals surface area contributed by atoms with Crippen molar-refractivity contribution in [2.24, 2.45) is 0 Å². The maximum atomic E-state index is 8.79. The average Bonchev–Trinajstić information content (AvgIpc) is 2.44. The standard InChI is InChI=1S/C16H18N4/c1-11-6-13(3)14(7-12(11)2)4-5-18-16-8-15(9-17)19-10-20-16/h6-8,10H,4-5H2,1-3H3,(H,18,19,20). The van der Waals surface area contributed by atoms with E-state index in [-0.39, 0.29) is 0 Å². The Morgan fingerprint density at radius 2 is 1.80 bits per heavy atom. The lowest BCUT2D eigenvalue weighted by atomic mass is 9.99. The van der Waals surface area contributed by atoms with Crippen LogP contribution in [-0.4, -0.2) is 16.5 Å². The third kappa shape index (κ3) is 3.33. The first kappa shape index (κ1) is 14.0. The van der Waals surface area contributed by atoms with Crippen molar-refractivity contribution in [3.8, 4) is 6.07 Å². The Morgan fingerprint density at radius 1 is 1.05 bits per heavy atom. The minimum Gasteiger partial charge on any atom is -0.370 e. The Labute approximate surface area is 119 Å². The van der Waals surface area contributed by atoms with Crippen LogP contribution in [0.2, 0.25) is 0 Å². The van der Waals surface area contributed by atoms with E-state index < -0.39 is 0 Å². The number of anilines is 1. The molecule has 1 heterocycles. The predicted octanol–water partition coefficient (Wildman–Crippen LogP) is 2.93. The Kier molecular flexibility index (Phi) is 4.31. The maximum Gasteiger partial charge on any atom is 0.145 e. The van der Waals surface area contributed by atoms with Crippen molar-refractivity contribution in [3.63, 3.8) is 0 Å². The molecule has 4 nitrogen and oxygen atoms in total. The fourth-order valence-electron chi connectivity index (χ4n) is 2.13. The second-order valence-corrected chi connectivity index (χ2v) is 4.94. The fraction of sp³-hybridized carbons (Fsp3) is 0.312. The van der Waals surface area contributed by atoms with Crippen LogP contribution < -0.4 is 5.32 Å². The van der Waals surface area contributed by atoms with Gasteiger partial charge in [0.2, 0.25) is 0 Å². The van der Waals surface area contributed by atoms with Crippen molar-refractivity contribution in [2.75, 3.05) is 11.9 Å². The number of nitriles is 1. The van der Waals surface area contributed by atoms with Gasteiger partial charge < -0.3 is 5.32 Å². The van der Waals surface area contributed by atoms with Gasteiger partial charge in [-0.1, -0.05) is 12.1 Å². The highest BCUT2D eigenvalue weighted by Crippen LogP contribution is 2.16. The smallest absolute Gasteiger partial charge is 0.145 e. The quantitative estimate of drug-likeness (QED) is 0.924. The van der Waals surface area contributed by atoms with Crippen molar-refractivity contribution in [3.05, 3.63) is 52.5 Å². The summed E-state index contributed by atoms with van der Waals surface area (Å²) in [4.78, 5) is 7.95. The van der Waals surface area contributed by atoms with Gasteiger partial charge in [-0.2, -0.15) is 5.26 Å². The molecule has 2 aromatic rings. The van der Waals surface area contributed by atoms with Gasteiger partial charge in [-0.15, -0.1) is 0 Å². The lowest BCUT2D eigenvalue weighted by Crippen LogP contribution is -2.08. The molecule has 4 heteroatoms.